The number of hydrogen-bond donors (Lipinski definition) is 0. The van der Waals surface area contributed by atoms with Crippen molar-refractivity contribution in [2.75, 3.05) is 12.3 Å². The van der Waals surface area contributed by atoms with E-state index < -0.39 is 0 Å². The highest BCUT2D eigenvalue weighted by Gasteiger charge is 2.50. The van der Waals surface area contributed by atoms with Gasteiger partial charge in [0.2, 0.25) is 5.91 Å². The second-order valence-electron chi connectivity index (χ2n) is 8.07. The van der Waals surface area contributed by atoms with E-state index in [0.29, 0.717) is 27.3 Å². The smallest absolute Gasteiger partial charge is 0.233 e. The molecule has 0 spiro atoms. The predicted molar refractivity (Wildman–Crippen MR) is 98.4 cm³/mol. The van der Waals surface area contributed by atoms with E-state index in [0.717, 1.165) is 24.3 Å². The highest BCUT2D eigenvalue weighted by atomic mass is 35.5. The van der Waals surface area contributed by atoms with Crippen LogP contribution in [0.5, 0.6) is 0 Å². The van der Waals surface area contributed by atoms with Crippen LogP contribution in [0, 0.1) is 10.8 Å². The van der Waals surface area contributed by atoms with E-state index in [-0.39, 0.29) is 11.3 Å². The standard InChI is InChI=1S/C18H23Cl2NOS/c1-17(2)7-12-8-18(3,10-17)11-21(12)15(22)9-23-16-13(19)5-4-6-14(16)20/h4-6,12H,7-11H2,1-3H3/t12-,18+/m0/s1. The summed E-state index contributed by atoms with van der Waals surface area (Å²) in [5, 5.41) is 1.23. The number of fused-ring (bicyclic) bond motifs is 2. The first-order chi connectivity index (χ1) is 10.7. The fourth-order valence-electron chi connectivity index (χ4n) is 4.59. The van der Waals surface area contributed by atoms with Crippen molar-refractivity contribution in [3.05, 3.63) is 28.2 Å². The van der Waals surface area contributed by atoms with E-state index in [1.165, 1.54) is 18.2 Å². The van der Waals surface area contributed by atoms with Crippen LogP contribution in [0.25, 0.3) is 0 Å². The van der Waals surface area contributed by atoms with Crippen LogP contribution in [0.15, 0.2) is 23.1 Å². The molecule has 0 aromatic heterocycles. The summed E-state index contributed by atoms with van der Waals surface area (Å²) in [4.78, 5) is 15.7. The van der Waals surface area contributed by atoms with Crippen LogP contribution >= 0.6 is 35.0 Å². The number of rotatable bonds is 3. The van der Waals surface area contributed by atoms with Crippen molar-refractivity contribution < 1.29 is 4.79 Å². The zero-order valence-electron chi connectivity index (χ0n) is 13.9. The maximum atomic E-state index is 12.8. The van der Waals surface area contributed by atoms with Crippen LogP contribution in [0.3, 0.4) is 0 Å². The lowest BCUT2D eigenvalue weighted by Crippen LogP contribution is -2.38. The maximum Gasteiger partial charge on any atom is 0.233 e. The van der Waals surface area contributed by atoms with Gasteiger partial charge in [-0.2, -0.15) is 0 Å². The van der Waals surface area contributed by atoms with E-state index in [4.69, 9.17) is 23.2 Å². The number of hydrogen-bond acceptors (Lipinski definition) is 2. The Morgan fingerprint density at radius 2 is 1.91 bits per heavy atom. The second-order valence-corrected chi connectivity index (χ2v) is 9.87. The number of thioether (sulfide) groups is 1. The van der Waals surface area contributed by atoms with Gasteiger partial charge in [0.05, 0.1) is 15.8 Å². The summed E-state index contributed by atoms with van der Waals surface area (Å²) in [6, 6.07) is 5.83. The van der Waals surface area contributed by atoms with E-state index in [1.807, 2.05) is 18.2 Å². The minimum absolute atomic E-state index is 0.206. The number of nitrogens with zero attached hydrogens (tertiary/aromatic N) is 1. The molecule has 2 nitrogen and oxygen atoms in total. The number of carbonyl (C=O) groups excluding carboxylic acids is 1. The first kappa shape index (κ1) is 17.4. The Kier molecular flexibility index (Phi) is 4.67. The predicted octanol–water partition coefficient (Wildman–Crippen LogP) is 5.51. The molecule has 1 saturated heterocycles. The Labute approximate surface area is 152 Å². The number of halogens is 2. The molecule has 1 amide bonds. The van der Waals surface area contributed by atoms with E-state index >= 15 is 0 Å². The lowest BCUT2D eigenvalue weighted by molar-refractivity contribution is -0.129. The average Bonchev–Trinajstić information content (AvgIpc) is 2.67. The second kappa shape index (κ2) is 6.16. The van der Waals surface area contributed by atoms with Crippen molar-refractivity contribution in [3.63, 3.8) is 0 Å². The Bertz CT molecular complexity index is 613. The molecule has 3 rings (SSSR count). The number of carbonyl (C=O) groups is 1. The van der Waals surface area contributed by atoms with Gasteiger partial charge in [-0.05, 0) is 42.2 Å². The molecule has 126 valence electrons. The zero-order valence-corrected chi connectivity index (χ0v) is 16.2. The monoisotopic (exact) mass is 371 g/mol. The molecule has 23 heavy (non-hydrogen) atoms. The SMILES string of the molecule is CC1(C)C[C@H]2C[C@@](C)(CN2C(=O)CSc2c(Cl)cccc2Cl)C1. The van der Waals surface area contributed by atoms with Crippen LogP contribution < -0.4 is 0 Å². The van der Waals surface area contributed by atoms with Gasteiger partial charge >= 0.3 is 0 Å². The van der Waals surface area contributed by atoms with Gasteiger partial charge in [0.25, 0.3) is 0 Å². The van der Waals surface area contributed by atoms with Crippen LogP contribution in [0.2, 0.25) is 10.0 Å². The van der Waals surface area contributed by atoms with E-state index in [9.17, 15) is 4.79 Å². The van der Waals surface area contributed by atoms with Gasteiger partial charge in [-0.25, -0.2) is 0 Å². The Balaban J connectivity index is 1.68. The van der Waals surface area contributed by atoms with Crippen LogP contribution in [0.1, 0.15) is 40.0 Å². The molecule has 0 N–H and O–H groups in total. The summed E-state index contributed by atoms with van der Waals surface area (Å²) in [5.74, 6) is 0.605. The lowest BCUT2D eigenvalue weighted by Gasteiger charge is -2.39. The quantitative estimate of drug-likeness (QED) is 0.652. The minimum Gasteiger partial charge on any atom is -0.338 e. The van der Waals surface area contributed by atoms with Gasteiger partial charge < -0.3 is 4.90 Å². The molecule has 2 bridgehead atoms. The van der Waals surface area contributed by atoms with E-state index in [2.05, 4.69) is 25.7 Å². The van der Waals surface area contributed by atoms with Crippen molar-refractivity contribution in [1.82, 2.24) is 4.90 Å². The average molecular weight is 372 g/mol. The van der Waals surface area contributed by atoms with Gasteiger partial charge in [0, 0.05) is 17.5 Å². The zero-order chi connectivity index (χ0) is 16.8. The van der Waals surface area contributed by atoms with Gasteiger partial charge in [-0.15, -0.1) is 11.8 Å². The largest absolute Gasteiger partial charge is 0.338 e. The molecule has 1 aliphatic heterocycles. The third-order valence-corrected chi connectivity index (χ3v) is 6.97. The molecule has 1 aliphatic carbocycles. The number of likely N-dealkylation sites (tertiary alicyclic amines) is 1. The minimum atomic E-state index is 0.206. The molecule has 5 heteroatoms. The van der Waals surface area contributed by atoms with Crippen LogP contribution in [-0.4, -0.2) is 29.1 Å². The molecule has 0 unspecified atom stereocenters. The van der Waals surface area contributed by atoms with Gasteiger partial charge in [0.1, 0.15) is 0 Å². The summed E-state index contributed by atoms with van der Waals surface area (Å²) in [6.45, 7) is 7.86. The Hall–Kier alpha value is -0.380. The van der Waals surface area contributed by atoms with Crippen LogP contribution in [-0.2, 0) is 4.79 Å². The molecule has 1 aromatic rings. The molecule has 2 fully saturated rings. The fourth-order valence-corrected chi connectivity index (χ4v) is 6.16. The molecular formula is C18H23Cl2NOS. The van der Waals surface area contributed by atoms with Crippen molar-refractivity contribution in [2.24, 2.45) is 10.8 Å². The van der Waals surface area contributed by atoms with Gasteiger partial charge in [0.15, 0.2) is 0 Å². The summed E-state index contributed by atoms with van der Waals surface area (Å²) < 4.78 is 0. The Morgan fingerprint density at radius 1 is 1.26 bits per heavy atom. The Morgan fingerprint density at radius 3 is 2.57 bits per heavy atom. The molecule has 1 aromatic carbocycles. The third kappa shape index (κ3) is 3.67. The van der Waals surface area contributed by atoms with E-state index in [1.54, 1.807) is 0 Å². The maximum absolute atomic E-state index is 12.8. The van der Waals surface area contributed by atoms with Crippen molar-refractivity contribution in [1.29, 1.82) is 0 Å². The summed E-state index contributed by atoms with van der Waals surface area (Å²) >= 11 is 13.8. The van der Waals surface area contributed by atoms with Crippen molar-refractivity contribution in [3.8, 4) is 0 Å². The van der Waals surface area contributed by atoms with Crippen molar-refractivity contribution in [2.45, 2.75) is 51.0 Å². The van der Waals surface area contributed by atoms with Crippen LogP contribution in [0.4, 0.5) is 0 Å². The highest BCUT2D eigenvalue weighted by molar-refractivity contribution is 8.00. The molecule has 2 aliphatic rings. The molecule has 1 saturated carbocycles. The van der Waals surface area contributed by atoms with Crippen molar-refractivity contribution >= 4 is 40.9 Å². The first-order valence-electron chi connectivity index (χ1n) is 8.05. The normalized spacial score (nSPS) is 28.9. The van der Waals surface area contributed by atoms with Gasteiger partial charge in [-0.1, -0.05) is 50.0 Å². The van der Waals surface area contributed by atoms with Gasteiger partial charge in [-0.3, -0.25) is 4.79 Å². The molecule has 2 atom stereocenters. The summed E-state index contributed by atoms with van der Waals surface area (Å²) in [6.07, 6.45) is 3.44. The number of amides is 1. The fraction of sp³-hybridized carbons (Fsp3) is 0.611. The summed E-state index contributed by atoms with van der Waals surface area (Å²) in [5.41, 5.74) is 0.598. The highest BCUT2D eigenvalue weighted by Crippen LogP contribution is 2.52. The topological polar surface area (TPSA) is 20.3 Å². The lowest BCUT2D eigenvalue weighted by atomic mass is 9.65. The molecule has 0 radical (unpaired) electrons. The molecule has 1 heterocycles. The molecular weight excluding hydrogens is 349 g/mol. The first-order valence-corrected chi connectivity index (χ1v) is 9.80. The third-order valence-electron chi connectivity index (χ3n) is 4.99. The number of benzene rings is 1. The summed E-state index contributed by atoms with van der Waals surface area (Å²) in [7, 11) is 0.